The number of para-hydroxylation sites is 1. The molecule has 126 valence electrons. The molecule has 0 N–H and O–H groups in total. The van der Waals surface area contributed by atoms with E-state index >= 15 is 0 Å². The van der Waals surface area contributed by atoms with Crippen LogP contribution in [0.15, 0.2) is 53.9 Å². The number of Topliss-reactive ketones (excluding diaryl/α,β-unsaturated/α-hetero) is 1. The molecule has 5 nitrogen and oxygen atoms in total. The Balaban J connectivity index is 1.50. The Kier molecular flexibility index (Phi) is 4.28. The lowest BCUT2D eigenvalue weighted by Crippen LogP contribution is -2.05. The standard InChI is InChI=1S/C19H17N3O2S/c1-13-4-2-3-5-16(13)22-12-20-21-19(22)25-11-17(23)14-6-7-18-15(10-14)8-9-24-18/h2-7,10,12H,8-9,11H2,1H3. The minimum atomic E-state index is 0.0824. The van der Waals surface area contributed by atoms with Crippen molar-refractivity contribution >= 4 is 17.5 Å². The number of nitrogens with zero attached hydrogens (tertiary/aromatic N) is 3. The average molecular weight is 351 g/mol. The third kappa shape index (κ3) is 3.17. The molecule has 2 heterocycles. The molecule has 25 heavy (non-hydrogen) atoms. The zero-order chi connectivity index (χ0) is 17.2. The fourth-order valence-electron chi connectivity index (χ4n) is 2.90. The lowest BCUT2D eigenvalue weighted by Gasteiger charge is -2.09. The number of rotatable bonds is 5. The van der Waals surface area contributed by atoms with Gasteiger partial charge in [0.05, 0.1) is 18.0 Å². The van der Waals surface area contributed by atoms with Crippen LogP contribution < -0.4 is 4.74 Å². The van der Waals surface area contributed by atoms with Crippen LogP contribution in [0.3, 0.4) is 0 Å². The maximum atomic E-state index is 12.5. The maximum absolute atomic E-state index is 12.5. The predicted octanol–water partition coefficient (Wildman–Crippen LogP) is 3.49. The molecule has 1 aromatic heterocycles. The summed E-state index contributed by atoms with van der Waals surface area (Å²) >= 11 is 1.40. The van der Waals surface area contributed by atoms with Crippen molar-refractivity contribution < 1.29 is 9.53 Å². The number of thioether (sulfide) groups is 1. The number of aromatic nitrogens is 3. The van der Waals surface area contributed by atoms with Crippen LogP contribution in [0.25, 0.3) is 5.69 Å². The summed E-state index contributed by atoms with van der Waals surface area (Å²) in [5, 5.41) is 8.88. The number of ketones is 1. The van der Waals surface area contributed by atoms with Crippen molar-refractivity contribution in [2.75, 3.05) is 12.4 Å². The first kappa shape index (κ1) is 15.9. The van der Waals surface area contributed by atoms with E-state index in [0.29, 0.717) is 17.5 Å². The highest BCUT2D eigenvalue weighted by atomic mass is 32.2. The van der Waals surface area contributed by atoms with Crippen LogP contribution >= 0.6 is 11.8 Å². The highest BCUT2D eigenvalue weighted by molar-refractivity contribution is 7.99. The Bertz CT molecular complexity index is 936. The molecule has 0 radical (unpaired) electrons. The molecule has 4 rings (SSSR count). The van der Waals surface area contributed by atoms with E-state index in [1.165, 1.54) is 11.8 Å². The first-order valence-corrected chi connectivity index (χ1v) is 9.09. The summed E-state index contributed by atoms with van der Waals surface area (Å²) in [7, 11) is 0. The Hall–Kier alpha value is -2.60. The van der Waals surface area contributed by atoms with E-state index in [9.17, 15) is 4.79 Å². The van der Waals surface area contributed by atoms with Gasteiger partial charge in [-0.25, -0.2) is 0 Å². The van der Waals surface area contributed by atoms with Gasteiger partial charge in [0.25, 0.3) is 0 Å². The van der Waals surface area contributed by atoms with Crippen LogP contribution in [0.5, 0.6) is 5.75 Å². The van der Waals surface area contributed by atoms with E-state index in [-0.39, 0.29) is 5.78 Å². The van der Waals surface area contributed by atoms with Gasteiger partial charge in [-0.1, -0.05) is 30.0 Å². The number of fused-ring (bicyclic) bond motifs is 1. The van der Waals surface area contributed by atoms with Gasteiger partial charge in [0.2, 0.25) is 0 Å². The second kappa shape index (κ2) is 6.72. The van der Waals surface area contributed by atoms with Crippen LogP contribution in [-0.4, -0.2) is 32.9 Å². The summed E-state index contributed by atoms with van der Waals surface area (Å²) in [6, 6.07) is 13.7. The van der Waals surface area contributed by atoms with Crippen LogP contribution in [-0.2, 0) is 6.42 Å². The topological polar surface area (TPSA) is 57.0 Å². The highest BCUT2D eigenvalue weighted by Gasteiger charge is 2.16. The smallest absolute Gasteiger partial charge is 0.196 e. The van der Waals surface area contributed by atoms with E-state index in [1.807, 2.05) is 54.0 Å². The van der Waals surface area contributed by atoms with Gasteiger partial charge in [-0.3, -0.25) is 9.36 Å². The summed E-state index contributed by atoms with van der Waals surface area (Å²) in [5.41, 5.74) is 3.99. The number of carbonyl (C=O) groups excluding carboxylic acids is 1. The number of aryl methyl sites for hydroxylation is 1. The fraction of sp³-hybridized carbons (Fsp3) is 0.211. The Labute approximate surface area is 150 Å². The largest absolute Gasteiger partial charge is 0.493 e. The molecule has 1 aliphatic heterocycles. The summed E-state index contributed by atoms with van der Waals surface area (Å²) in [4.78, 5) is 12.5. The third-order valence-electron chi connectivity index (χ3n) is 4.24. The van der Waals surface area contributed by atoms with Gasteiger partial charge in [0.15, 0.2) is 10.9 Å². The van der Waals surface area contributed by atoms with Gasteiger partial charge in [-0.05, 0) is 42.3 Å². The molecule has 0 saturated carbocycles. The lowest BCUT2D eigenvalue weighted by molar-refractivity contribution is 0.102. The molecule has 0 spiro atoms. The second-order valence-corrected chi connectivity index (χ2v) is 6.85. The molecule has 0 saturated heterocycles. The van der Waals surface area contributed by atoms with Crippen LogP contribution in [0.4, 0.5) is 0 Å². The molecule has 0 atom stereocenters. The molecule has 1 aliphatic rings. The Morgan fingerprint density at radius 1 is 1.28 bits per heavy atom. The van der Waals surface area contributed by atoms with Gasteiger partial charge in [0.1, 0.15) is 12.1 Å². The zero-order valence-corrected chi connectivity index (χ0v) is 14.6. The number of hydrogen-bond acceptors (Lipinski definition) is 5. The molecule has 0 aliphatic carbocycles. The van der Waals surface area contributed by atoms with Crippen molar-refractivity contribution in [3.8, 4) is 11.4 Å². The quantitative estimate of drug-likeness (QED) is 0.520. The monoisotopic (exact) mass is 351 g/mol. The van der Waals surface area contributed by atoms with Crippen molar-refractivity contribution in [1.29, 1.82) is 0 Å². The summed E-state index contributed by atoms with van der Waals surface area (Å²) in [6.45, 7) is 2.74. The molecule has 6 heteroatoms. The molecular formula is C19H17N3O2S. The van der Waals surface area contributed by atoms with Gasteiger partial charge in [-0.15, -0.1) is 10.2 Å². The summed E-state index contributed by atoms with van der Waals surface area (Å²) < 4.78 is 7.41. The summed E-state index contributed by atoms with van der Waals surface area (Å²) in [6.07, 6.45) is 2.55. The molecular weight excluding hydrogens is 334 g/mol. The minimum Gasteiger partial charge on any atom is -0.493 e. The van der Waals surface area contributed by atoms with E-state index in [0.717, 1.165) is 34.5 Å². The molecule has 0 amide bonds. The van der Waals surface area contributed by atoms with E-state index in [4.69, 9.17) is 4.74 Å². The first-order valence-electron chi connectivity index (χ1n) is 8.10. The molecule has 0 unspecified atom stereocenters. The minimum absolute atomic E-state index is 0.0824. The number of hydrogen-bond donors (Lipinski definition) is 0. The van der Waals surface area contributed by atoms with E-state index in [2.05, 4.69) is 10.2 Å². The second-order valence-electron chi connectivity index (χ2n) is 5.90. The Morgan fingerprint density at radius 2 is 2.16 bits per heavy atom. The molecule has 2 aromatic carbocycles. The van der Waals surface area contributed by atoms with Crippen molar-refractivity contribution in [3.05, 3.63) is 65.5 Å². The van der Waals surface area contributed by atoms with Gasteiger partial charge in [-0.2, -0.15) is 0 Å². The molecule has 0 fully saturated rings. The molecule has 0 bridgehead atoms. The Morgan fingerprint density at radius 3 is 3.04 bits per heavy atom. The SMILES string of the molecule is Cc1ccccc1-n1cnnc1SCC(=O)c1ccc2c(c1)CCO2. The van der Waals surface area contributed by atoms with E-state index in [1.54, 1.807) is 6.33 Å². The van der Waals surface area contributed by atoms with Crippen molar-refractivity contribution in [3.63, 3.8) is 0 Å². The third-order valence-corrected chi connectivity index (χ3v) is 5.18. The number of benzene rings is 2. The van der Waals surface area contributed by atoms with Crippen LogP contribution in [0.1, 0.15) is 21.5 Å². The molecule has 3 aromatic rings. The predicted molar refractivity (Wildman–Crippen MR) is 96.8 cm³/mol. The van der Waals surface area contributed by atoms with Gasteiger partial charge in [0, 0.05) is 12.0 Å². The fourth-order valence-corrected chi connectivity index (χ4v) is 3.71. The summed E-state index contributed by atoms with van der Waals surface area (Å²) in [5.74, 6) is 1.30. The van der Waals surface area contributed by atoms with Gasteiger partial charge >= 0.3 is 0 Å². The lowest BCUT2D eigenvalue weighted by atomic mass is 10.1. The van der Waals surface area contributed by atoms with Crippen molar-refractivity contribution in [2.45, 2.75) is 18.5 Å². The van der Waals surface area contributed by atoms with Gasteiger partial charge < -0.3 is 4.74 Å². The van der Waals surface area contributed by atoms with Crippen LogP contribution in [0.2, 0.25) is 0 Å². The number of ether oxygens (including phenoxy) is 1. The maximum Gasteiger partial charge on any atom is 0.196 e. The number of carbonyl (C=O) groups is 1. The van der Waals surface area contributed by atoms with Crippen molar-refractivity contribution in [2.24, 2.45) is 0 Å². The van der Waals surface area contributed by atoms with E-state index < -0.39 is 0 Å². The zero-order valence-electron chi connectivity index (χ0n) is 13.8. The average Bonchev–Trinajstić information content (AvgIpc) is 3.28. The first-order chi connectivity index (χ1) is 12.2. The highest BCUT2D eigenvalue weighted by Crippen LogP contribution is 2.27. The normalized spacial score (nSPS) is 12.7. The van der Waals surface area contributed by atoms with Crippen LogP contribution in [0, 0.1) is 6.92 Å². The van der Waals surface area contributed by atoms with Crippen molar-refractivity contribution in [1.82, 2.24) is 14.8 Å².